The molecule has 0 aliphatic carbocycles. The molecule has 2 rings (SSSR count). The summed E-state index contributed by atoms with van der Waals surface area (Å²) in [5, 5.41) is 3.93. The van der Waals surface area contributed by atoms with Gasteiger partial charge < -0.3 is 11.1 Å². The predicted octanol–water partition coefficient (Wildman–Crippen LogP) is 3.24. The van der Waals surface area contributed by atoms with Crippen molar-refractivity contribution in [3.05, 3.63) is 52.7 Å². The number of aryl methyl sites for hydroxylation is 1. The Balaban J connectivity index is 2.09. The van der Waals surface area contributed by atoms with Crippen LogP contribution in [-0.4, -0.2) is 4.98 Å². The Morgan fingerprint density at radius 3 is 2.88 bits per heavy atom. The molecule has 17 heavy (non-hydrogen) atoms. The number of pyridine rings is 1. The van der Waals surface area contributed by atoms with Gasteiger partial charge in [-0.1, -0.05) is 23.7 Å². The zero-order chi connectivity index (χ0) is 12.3. The molecular formula is C13H14ClN3. The number of nitrogens with two attached hydrogens (primary N) is 1. The molecule has 0 amide bonds. The summed E-state index contributed by atoms with van der Waals surface area (Å²) in [6, 6.07) is 11.4. The lowest BCUT2D eigenvalue weighted by atomic mass is 10.2. The van der Waals surface area contributed by atoms with Crippen molar-refractivity contribution >= 4 is 23.1 Å². The van der Waals surface area contributed by atoms with E-state index in [0.29, 0.717) is 18.1 Å². The van der Waals surface area contributed by atoms with Crippen LogP contribution in [0.5, 0.6) is 0 Å². The molecule has 4 heteroatoms. The van der Waals surface area contributed by atoms with E-state index in [1.54, 1.807) is 0 Å². The first-order chi connectivity index (χ1) is 8.15. The van der Waals surface area contributed by atoms with Crippen LogP contribution in [0.1, 0.15) is 11.3 Å². The van der Waals surface area contributed by atoms with E-state index < -0.39 is 0 Å². The third-order valence-corrected chi connectivity index (χ3v) is 2.65. The summed E-state index contributed by atoms with van der Waals surface area (Å²) >= 11 is 5.91. The van der Waals surface area contributed by atoms with Gasteiger partial charge in [-0.05, 0) is 36.8 Å². The number of rotatable bonds is 3. The van der Waals surface area contributed by atoms with Crippen molar-refractivity contribution < 1.29 is 0 Å². The van der Waals surface area contributed by atoms with Gasteiger partial charge in [-0.15, -0.1) is 0 Å². The number of hydrogen-bond donors (Lipinski definition) is 2. The molecule has 0 aliphatic heterocycles. The maximum Gasteiger partial charge on any atom is 0.149 e. The second kappa shape index (κ2) is 5.06. The van der Waals surface area contributed by atoms with Crippen molar-refractivity contribution in [3.8, 4) is 0 Å². The van der Waals surface area contributed by atoms with Crippen molar-refractivity contribution in [1.29, 1.82) is 0 Å². The van der Waals surface area contributed by atoms with E-state index in [9.17, 15) is 0 Å². The normalized spacial score (nSPS) is 10.2. The number of nitrogen functional groups attached to an aromatic ring is 1. The van der Waals surface area contributed by atoms with Crippen LogP contribution in [0.25, 0.3) is 0 Å². The fourth-order valence-corrected chi connectivity index (χ4v) is 1.75. The maximum atomic E-state index is 5.91. The second-order valence-electron chi connectivity index (χ2n) is 3.87. The third-order valence-electron chi connectivity index (χ3n) is 2.41. The standard InChI is InChI=1S/C13H14ClN3/c1-9-5-6-12(15)13(17-9)16-8-10-3-2-4-11(14)7-10/h2-7H,8,15H2,1H3,(H,16,17). The monoisotopic (exact) mass is 247 g/mol. The Bertz CT molecular complexity index is 526. The van der Waals surface area contributed by atoms with Gasteiger partial charge in [0.2, 0.25) is 0 Å². The molecule has 88 valence electrons. The molecule has 0 aliphatic rings. The number of aromatic nitrogens is 1. The Morgan fingerprint density at radius 1 is 1.29 bits per heavy atom. The van der Waals surface area contributed by atoms with E-state index in [0.717, 1.165) is 16.3 Å². The molecule has 0 saturated heterocycles. The van der Waals surface area contributed by atoms with Crippen LogP contribution in [-0.2, 0) is 6.54 Å². The minimum absolute atomic E-state index is 0.651. The van der Waals surface area contributed by atoms with Gasteiger partial charge in [0.1, 0.15) is 5.82 Å². The van der Waals surface area contributed by atoms with Crippen molar-refractivity contribution in [1.82, 2.24) is 4.98 Å². The Labute approximate surface area is 106 Å². The van der Waals surface area contributed by atoms with Gasteiger partial charge >= 0.3 is 0 Å². The highest BCUT2D eigenvalue weighted by molar-refractivity contribution is 6.30. The lowest BCUT2D eigenvalue weighted by Gasteiger charge is -2.09. The SMILES string of the molecule is Cc1ccc(N)c(NCc2cccc(Cl)c2)n1. The van der Waals surface area contributed by atoms with E-state index in [1.165, 1.54) is 0 Å². The second-order valence-corrected chi connectivity index (χ2v) is 4.31. The number of nitrogens with zero attached hydrogens (tertiary/aromatic N) is 1. The van der Waals surface area contributed by atoms with Crippen LogP contribution in [0.4, 0.5) is 11.5 Å². The fraction of sp³-hybridized carbons (Fsp3) is 0.154. The molecule has 0 saturated carbocycles. The maximum absolute atomic E-state index is 5.91. The first-order valence-electron chi connectivity index (χ1n) is 5.36. The van der Waals surface area contributed by atoms with Crippen LogP contribution in [0.15, 0.2) is 36.4 Å². The molecule has 0 spiro atoms. The average molecular weight is 248 g/mol. The number of nitrogens with one attached hydrogen (secondary N) is 1. The van der Waals surface area contributed by atoms with Crippen molar-refractivity contribution in [2.75, 3.05) is 11.1 Å². The van der Waals surface area contributed by atoms with Gasteiger partial charge in [-0.3, -0.25) is 0 Å². The van der Waals surface area contributed by atoms with Crippen LogP contribution >= 0.6 is 11.6 Å². The van der Waals surface area contributed by atoms with Gasteiger partial charge in [0.15, 0.2) is 0 Å². The molecule has 0 radical (unpaired) electrons. The average Bonchev–Trinajstić information content (AvgIpc) is 2.30. The van der Waals surface area contributed by atoms with E-state index in [1.807, 2.05) is 43.3 Å². The Kier molecular flexibility index (Phi) is 3.49. The van der Waals surface area contributed by atoms with Crippen molar-refractivity contribution in [2.24, 2.45) is 0 Å². The highest BCUT2D eigenvalue weighted by Crippen LogP contribution is 2.17. The smallest absolute Gasteiger partial charge is 0.149 e. The van der Waals surface area contributed by atoms with Crippen molar-refractivity contribution in [2.45, 2.75) is 13.5 Å². The summed E-state index contributed by atoms with van der Waals surface area (Å²) in [6.07, 6.45) is 0. The first-order valence-corrected chi connectivity index (χ1v) is 5.74. The summed E-state index contributed by atoms with van der Waals surface area (Å²) in [4.78, 5) is 4.34. The minimum atomic E-state index is 0.651. The molecule has 0 atom stereocenters. The molecule has 1 aromatic carbocycles. The summed E-state index contributed by atoms with van der Waals surface area (Å²) in [5.74, 6) is 0.713. The lowest BCUT2D eigenvalue weighted by molar-refractivity contribution is 1.09. The quantitative estimate of drug-likeness (QED) is 0.876. The molecule has 1 aromatic heterocycles. The minimum Gasteiger partial charge on any atom is -0.396 e. The van der Waals surface area contributed by atoms with E-state index in [-0.39, 0.29) is 0 Å². The highest BCUT2D eigenvalue weighted by atomic mass is 35.5. The number of halogens is 1. The number of hydrogen-bond acceptors (Lipinski definition) is 3. The summed E-state index contributed by atoms with van der Waals surface area (Å²) in [7, 11) is 0. The van der Waals surface area contributed by atoms with E-state index in [4.69, 9.17) is 17.3 Å². The third kappa shape index (κ3) is 3.11. The zero-order valence-corrected chi connectivity index (χ0v) is 10.3. The van der Waals surface area contributed by atoms with E-state index >= 15 is 0 Å². The van der Waals surface area contributed by atoms with Crippen molar-refractivity contribution in [3.63, 3.8) is 0 Å². The molecular weight excluding hydrogens is 234 g/mol. The molecule has 0 fully saturated rings. The molecule has 2 aromatic rings. The van der Waals surface area contributed by atoms with Crippen LogP contribution in [0.2, 0.25) is 5.02 Å². The Morgan fingerprint density at radius 2 is 2.12 bits per heavy atom. The predicted molar refractivity (Wildman–Crippen MR) is 72.2 cm³/mol. The van der Waals surface area contributed by atoms with Gasteiger partial charge in [0.25, 0.3) is 0 Å². The summed E-state index contributed by atoms with van der Waals surface area (Å²) in [5.41, 5.74) is 8.52. The largest absolute Gasteiger partial charge is 0.396 e. The lowest BCUT2D eigenvalue weighted by Crippen LogP contribution is -2.05. The molecule has 0 bridgehead atoms. The number of benzene rings is 1. The summed E-state index contributed by atoms with van der Waals surface area (Å²) < 4.78 is 0. The van der Waals surface area contributed by atoms with Crippen LogP contribution < -0.4 is 11.1 Å². The van der Waals surface area contributed by atoms with Gasteiger partial charge in [0.05, 0.1) is 5.69 Å². The van der Waals surface area contributed by atoms with Gasteiger partial charge in [-0.2, -0.15) is 0 Å². The zero-order valence-electron chi connectivity index (χ0n) is 9.57. The summed E-state index contributed by atoms with van der Waals surface area (Å²) in [6.45, 7) is 2.59. The van der Waals surface area contributed by atoms with Crippen LogP contribution in [0, 0.1) is 6.92 Å². The van der Waals surface area contributed by atoms with E-state index in [2.05, 4.69) is 10.3 Å². The molecule has 3 nitrogen and oxygen atoms in total. The van der Waals surface area contributed by atoms with Gasteiger partial charge in [-0.25, -0.2) is 4.98 Å². The first kappa shape index (κ1) is 11.7. The van der Waals surface area contributed by atoms with Gasteiger partial charge in [0, 0.05) is 17.3 Å². The molecule has 1 heterocycles. The molecule has 0 unspecified atom stereocenters. The number of anilines is 2. The topological polar surface area (TPSA) is 50.9 Å². The molecule has 3 N–H and O–H groups in total. The fourth-order valence-electron chi connectivity index (χ4n) is 1.54. The van der Waals surface area contributed by atoms with Crippen LogP contribution in [0.3, 0.4) is 0 Å². The highest BCUT2D eigenvalue weighted by Gasteiger charge is 2.01. The Hall–Kier alpha value is -1.74.